The average Bonchev–Trinajstić information content (AvgIpc) is 2.74. The molecule has 0 bridgehead atoms. The van der Waals surface area contributed by atoms with Crippen molar-refractivity contribution in [1.29, 1.82) is 0 Å². The molecule has 0 saturated carbocycles. The van der Waals surface area contributed by atoms with E-state index in [0.717, 1.165) is 17.8 Å². The smallest absolute Gasteiger partial charge is 0.283 e. The second kappa shape index (κ2) is 5.58. The van der Waals surface area contributed by atoms with Gasteiger partial charge in [-0.2, -0.15) is 0 Å². The predicted octanol–water partition coefficient (Wildman–Crippen LogP) is 2.01. The summed E-state index contributed by atoms with van der Waals surface area (Å²) in [4.78, 5) is 33.6. The molecule has 6 nitrogen and oxygen atoms in total. The molecule has 2 rings (SSSR count). The standard InChI is InChI=1S/C11H9ClN2O4S/c12-6-1-2-7(9(5-6)14(17)18)10(15)13-8-3-4-19-11(8)16/h1-2,5,8H,3-4H2,(H,13,15)/t8-/m1/s1. The molecule has 1 amide bonds. The molecule has 1 aromatic rings. The maximum atomic E-state index is 12.0. The van der Waals surface area contributed by atoms with Crippen LogP contribution in [0.5, 0.6) is 0 Å². The Hall–Kier alpha value is -1.60. The van der Waals surface area contributed by atoms with Gasteiger partial charge < -0.3 is 5.32 Å². The van der Waals surface area contributed by atoms with Crippen molar-refractivity contribution in [2.24, 2.45) is 0 Å². The number of halogens is 1. The Labute approximate surface area is 117 Å². The maximum Gasteiger partial charge on any atom is 0.283 e. The van der Waals surface area contributed by atoms with Crippen LogP contribution < -0.4 is 5.32 Å². The Kier molecular flexibility index (Phi) is 4.06. The van der Waals surface area contributed by atoms with Crippen molar-refractivity contribution >= 4 is 40.1 Å². The molecule has 1 N–H and O–H groups in total. The van der Waals surface area contributed by atoms with E-state index in [9.17, 15) is 19.7 Å². The summed E-state index contributed by atoms with van der Waals surface area (Å²) in [5.74, 6) is 0.0103. The minimum atomic E-state index is -0.675. The Balaban J connectivity index is 2.23. The number of nitro groups is 1. The number of nitrogens with zero attached hydrogens (tertiary/aromatic N) is 1. The quantitative estimate of drug-likeness (QED) is 0.681. The van der Waals surface area contributed by atoms with Crippen LogP contribution in [0.2, 0.25) is 5.02 Å². The van der Waals surface area contributed by atoms with Gasteiger partial charge in [-0.1, -0.05) is 23.4 Å². The Morgan fingerprint density at radius 3 is 2.84 bits per heavy atom. The molecule has 1 aliphatic rings. The number of nitro benzene ring substituents is 1. The third kappa shape index (κ3) is 3.05. The number of rotatable bonds is 3. The Bertz CT molecular complexity index is 564. The number of carbonyl (C=O) groups is 2. The molecule has 1 fully saturated rings. The van der Waals surface area contributed by atoms with Crippen LogP contribution in [0.1, 0.15) is 16.8 Å². The van der Waals surface area contributed by atoms with E-state index in [1.165, 1.54) is 12.1 Å². The van der Waals surface area contributed by atoms with E-state index < -0.39 is 16.9 Å². The number of hydrogen-bond donors (Lipinski definition) is 1. The van der Waals surface area contributed by atoms with E-state index in [-0.39, 0.29) is 21.4 Å². The third-order valence-electron chi connectivity index (χ3n) is 2.64. The highest BCUT2D eigenvalue weighted by molar-refractivity contribution is 8.14. The van der Waals surface area contributed by atoms with E-state index in [1.54, 1.807) is 0 Å². The summed E-state index contributed by atoms with van der Waals surface area (Å²) in [6.07, 6.45) is 0.538. The van der Waals surface area contributed by atoms with Crippen LogP contribution in [-0.4, -0.2) is 27.7 Å². The van der Waals surface area contributed by atoms with E-state index in [0.29, 0.717) is 12.2 Å². The van der Waals surface area contributed by atoms with Crippen LogP contribution in [0.15, 0.2) is 18.2 Å². The van der Waals surface area contributed by atoms with Gasteiger partial charge in [-0.25, -0.2) is 0 Å². The van der Waals surface area contributed by atoms with Gasteiger partial charge in [-0.05, 0) is 18.6 Å². The van der Waals surface area contributed by atoms with Gasteiger partial charge in [0.2, 0.25) is 5.12 Å². The minimum Gasteiger partial charge on any atom is -0.341 e. The molecule has 0 unspecified atom stereocenters. The molecule has 0 aliphatic carbocycles. The first-order chi connectivity index (χ1) is 8.99. The highest BCUT2D eigenvalue weighted by Gasteiger charge is 2.29. The van der Waals surface area contributed by atoms with Crippen molar-refractivity contribution in [1.82, 2.24) is 5.32 Å². The lowest BCUT2D eigenvalue weighted by molar-refractivity contribution is -0.385. The number of carbonyl (C=O) groups excluding carboxylic acids is 2. The van der Waals surface area contributed by atoms with Gasteiger partial charge in [0.1, 0.15) is 5.56 Å². The molecular formula is C11H9ClN2O4S. The molecule has 8 heteroatoms. The molecule has 1 aromatic carbocycles. The summed E-state index contributed by atoms with van der Waals surface area (Å²) in [5.41, 5.74) is -0.470. The SMILES string of the molecule is O=C(N[C@@H]1CCSC1=O)c1ccc(Cl)cc1[N+](=O)[O-]. The largest absolute Gasteiger partial charge is 0.341 e. The normalized spacial score (nSPS) is 18.4. The summed E-state index contributed by atoms with van der Waals surface area (Å²) in [5, 5.41) is 13.4. The third-order valence-corrected chi connectivity index (χ3v) is 3.89. The van der Waals surface area contributed by atoms with Crippen molar-refractivity contribution in [2.75, 3.05) is 5.75 Å². The summed E-state index contributed by atoms with van der Waals surface area (Å²) in [6, 6.07) is 3.21. The number of thioether (sulfide) groups is 1. The molecule has 0 radical (unpaired) electrons. The number of benzene rings is 1. The van der Waals surface area contributed by atoms with Crippen LogP contribution in [0.4, 0.5) is 5.69 Å². The average molecular weight is 301 g/mol. The number of nitrogens with one attached hydrogen (secondary N) is 1. The van der Waals surface area contributed by atoms with Crippen LogP contribution in [-0.2, 0) is 4.79 Å². The van der Waals surface area contributed by atoms with Crippen LogP contribution in [0.3, 0.4) is 0 Å². The minimum absolute atomic E-state index is 0.0981. The fourth-order valence-electron chi connectivity index (χ4n) is 1.71. The van der Waals surface area contributed by atoms with Gasteiger partial charge in [0.15, 0.2) is 0 Å². The Morgan fingerprint density at radius 2 is 2.26 bits per heavy atom. The lowest BCUT2D eigenvalue weighted by Gasteiger charge is -2.10. The maximum absolute atomic E-state index is 12.0. The lowest BCUT2D eigenvalue weighted by Crippen LogP contribution is -2.37. The van der Waals surface area contributed by atoms with Crippen molar-refractivity contribution in [2.45, 2.75) is 12.5 Å². The van der Waals surface area contributed by atoms with Gasteiger partial charge in [0.05, 0.1) is 11.0 Å². The van der Waals surface area contributed by atoms with Crippen molar-refractivity contribution in [3.05, 3.63) is 38.9 Å². The highest BCUT2D eigenvalue weighted by atomic mass is 35.5. The molecule has 1 heterocycles. The predicted molar refractivity (Wildman–Crippen MR) is 71.4 cm³/mol. The highest BCUT2D eigenvalue weighted by Crippen LogP contribution is 2.24. The summed E-state index contributed by atoms with van der Waals surface area (Å²) in [7, 11) is 0. The zero-order chi connectivity index (χ0) is 14.0. The van der Waals surface area contributed by atoms with Crippen molar-refractivity contribution in [3.63, 3.8) is 0 Å². The van der Waals surface area contributed by atoms with Crippen LogP contribution in [0.25, 0.3) is 0 Å². The monoisotopic (exact) mass is 300 g/mol. The zero-order valence-electron chi connectivity index (χ0n) is 9.59. The molecule has 100 valence electrons. The molecule has 1 saturated heterocycles. The van der Waals surface area contributed by atoms with Gasteiger partial charge in [0, 0.05) is 16.8 Å². The summed E-state index contributed by atoms with van der Waals surface area (Å²) >= 11 is 6.81. The van der Waals surface area contributed by atoms with E-state index >= 15 is 0 Å². The van der Waals surface area contributed by atoms with Gasteiger partial charge in [-0.3, -0.25) is 19.7 Å². The molecule has 0 aromatic heterocycles. The molecule has 19 heavy (non-hydrogen) atoms. The summed E-state index contributed by atoms with van der Waals surface area (Å²) in [6.45, 7) is 0. The van der Waals surface area contributed by atoms with Gasteiger partial charge in [0.25, 0.3) is 11.6 Å². The van der Waals surface area contributed by atoms with E-state index in [1.807, 2.05) is 0 Å². The molecular weight excluding hydrogens is 292 g/mol. The van der Waals surface area contributed by atoms with Crippen molar-refractivity contribution < 1.29 is 14.5 Å². The Morgan fingerprint density at radius 1 is 1.53 bits per heavy atom. The fraction of sp³-hybridized carbons (Fsp3) is 0.273. The molecule has 1 aliphatic heterocycles. The fourth-order valence-corrected chi connectivity index (χ4v) is 2.81. The molecule has 0 spiro atoms. The zero-order valence-corrected chi connectivity index (χ0v) is 11.2. The second-order valence-electron chi connectivity index (χ2n) is 3.90. The van der Waals surface area contributed by atoms with Gasteiger partial charge >= 0.3 is 0 Å². The first kappa shape index (κ1) is 13.8. The van der Waals surface area contributed by atoms with E-state index in [4.69, 9.17) is 11.6 Å². The summed E-state index contributed by atoms with van der Waals surface area (Å²) < 4.78 is 0. The van der Waals surface area contributed by atoms with Crippen molar-refractivity contribution in [3.8, 4) is 0 Å². The second-order valence-corrected chi connectivity index (χ2v) is 5.44. The molecule has 1 atom stereocenters. The van der Waals surface area contributed by atoms with Crippen LogP contribution >= 0.6 is 23.4 Å². The lowest BCUT2D eigenvalue weighted by atomic mass is 10.1. The topological polar surface area (TPSA) is 89.3 Å². The van der Waals surface area contributed by atoms with Gasteiger partial charge in [-0.15, -0.1) is 0 Å². The number of hydrogen-bond acceptors (Lipinski definition) is 5. The first-order valence-corrected chi connectivity index (χ1v) is 6.77. The van der Waals surface area contributed by atoms with E-state index in [2.05, 4.69) is 5.32 Å². The number of amides is 1. The first-order valence-electron chi connectivity index (χ1n) is 5.40. The van der Waals surface area contributed by atoms with Crippen LogP contribution in [0, 0.1) is 10.1 Å².